The van der Waals surface area contributed by atoms with Crippen LogP contribution in [-0.4, -0.2) is 42.6 Å². The van der Waals surface area contributed by atoms with Crippen molar-refractivity contribution in [2.24, 2.45) is 17.3 Å². The van der Waals surface area contributed by atoms with Crippen molar-refractivity contribution >= 4 is 11.9 Å². The van der Waals surface area contributed by atoms with Crippen molar-refractivity contribution in [2.75, 3.05) is 19.8 Å². The van der Waals surface area contributed by atoms with Crippen LogP contribution in [0.5, 0.6) is 0 Å². The van der Waals surface area contributed by atoms with E-state index in [1.165, 1.54) is 12.0 Å². The molecule has 2 bridgehead atoms. The van der Waals surface area contributed by atoms with Gasteiger partial charge in [-0.3, -0.25) is 4.79 Å². The zero-order valence-electron chi connectivity index (χ0n) is 16.7. The van der Waals surface area contributed by atoms with Gasteiger partial charge >= 0.3 is 5.97 Å². The lowest BCUT2D eigenvalue weighted by Gasteiger charge is -2.56. The maximum atomic E-state index is 12.7. The number of carbonyl (C=O) groups excluding carboxylic acids is 2. The van der Waals surface area contributed by atoms with E-state index in [1.54, 1.807) is 4.90 Å². The molecule has 1 amide bonds. The monoisotopic (exact) mass is 383 g/mol. The van der Waals surface area contributed by atoms with E-state index < -0.39 is 6.04 Å². The zero-order chi connectivity index (χ0) is 19.7. The van der Waals surface area contributed by atoms with Crippen LogP contribution in [0.25, 0.3) is 0 Å². The Morgan fingerprint density at radius 2 is 2.07 bits per heavy atom. The molecule has 5 rings (SSSR count). The SMILES string of the molecule is CC1(C)[C@H]2CC=C(CCOC(=O)[C@H]3COCC(=O)N3Cc3ccccc3)[C@@H]1C2. The molecule has 1 aliphatic heterocycles. The number of rotatable bonds is 6. The van der Waals surface area contributed by atoms with Crippen molar-refractivity contribution in [3.05, 3.63) is 47.5 Å². The van der Waals surface area contributed by atoms with Crippen molar-refractivity contribution in [2.45, 2.75) is 45.7 Å². The van der Waals surface area contributed by atoms with E-state index in [-0.39, 0.29) is 25.1 Å². The number of benzene rings is 1. The van der Waals surface area contributed by atoms with E-state index in [2.05, 4.69) is 19.9 Å². The van der Waals surface area contributed by atoms with Crippen molar-refractivity contribution in [3.63, 3.8) is 0 Å². The predicted molar refractivity (Wildman–Crippen MR) is 105 cm³/mol. The van der Waals surface area contributed by atoms with Gasteiger partial charge in [0.1, 0.15) is 6.61 Å². The number of allylic oxidation sites excluding steroid dienone is 1. The van der Waals surface area contributed by atoms with Gasteiger partial charge in [-0.25, -0.2) is 4.79 Å². The molecular weight excluding hydrogens is 354 g/mol. The summed E-state index contributed by atoms with van der Waals surface area (Å²) < 4.78 is 10.9. The summed E-state index contributed by atoms with van der Waals surface area (Å²) in [7, 11) is 0. The fourth-order valence-electron chi connectivity index (χ4n) is 4.90. The lowest BCUT2D eigenvalue weighted by atomic mass is 9.48. The number of amides is 1. The molecule has 1 saturated heterocycles. The highest BCUT2D eigenvalue weighted by Crippen LogP contribution is 2.59. The van der Waals surface area contributed by atoms with Gasteiger partial charge in [-0.05, 0) is 35.7 Å². The van der Waals surface area contributed by atoms with Crippen molar-refractivity contribution in [1.82, 2.24) is 4.90 Å². The Labute approximate surface area is 166 Å². The van der Waals surface area contributed by atoms with Crippen LogP contribution in [0.1, 0.15) is 38.7 Å². The van der Waals surface area contributed by atoms with Gasteiger partial charge in [-0.1, -0.05) is 55.8 Å². The van der Waals surface area contributed by atoms with Gasteiger partial charge < -0.3 is 14.4 Å². The number of nitrogens with zero attached hydrogens (tertiary/aromatic N) is 1. The number of hydrogen-bond donors (Lipinski definition) is 0. The summed E-state index contributed by atoms with van der Waals surface area (Å²) in [6, 6.07) is 9.02. The Bertz CT molecular complexity index is 770. The van der Waals surface area contributed by atoms with Crippen molar-refractivity contribution < 1.29 is 19.1 Å². The quantitative estimate of drug-likeness (QED) is 0.558. The van der Waals surface area contributed by atoms with Crippen LogP contribution >= 0.6 is 0 Å². The molecule has 150 valence electrons. The minimum atomic E-state index is -0.675. The molecule has 1 saturated carbocycles. The van der Waals surface area contributed by atoms with Gasteiger partial charge in [-0.15, -0.1) is 0 Å². The molecule has 0 N–H and O–H groups in total. The first-order valence-electron chi connectivity index (χ1n) is 10.2. The summed E-state index contributed by atoms with van der Waals surface area (Å²) in [4.78, 5) is 26.6. The molecule has 0 unspecified atom stereocenters. The van der Waals surface area contributed by atoms with Crippen LogP contribution in [-0.2, 0) is 25.6 Å². The summed E-state index contributed by atoms with van der Waals surface area (Å²) >= 11 is 0. The number of hydrogen-bond acceptors (Lipinski definition) is 4. The minimum Gasteiger partial charge on any atom is -0.464 e. The van der Waals surface area contributed by atoms with Gasteiger partial charge in [0, 0.05) is 13.0 Å². The van der Waals surface area contributed by atoms with E-state index in [0.29, 0.717) is 24.5 Å². The maximum Gasteiger partial charge on any atom is 0.331 e. The van der Waals surface area contributed by atoms with E-state index in [1.807, 2.05) is 30.3 Å². The lowest BCUT2D eigenvalue weighted by molar-refractivity contribution is -0.167. The highest BCUT2D eigenvalue weighted by molar-refractivity contribution is 5.86. The number of ether oxygens (including phenoxy) is 2. The van der Waals surface area contributed by atoms with Gasteiger partial charge in [0.2, 0.25) is 5.91 Å². The number of morpholine rings is 1. The second kappa shape index (κ2) is 7.70. The second-order valence-electron chi connectivity index (χ2n) is 8.78. The van der Waals surface area contributed by atoms with Crippen molar-refractivity contribution in [1.29, 1.82) is 0 Å². The third-order valence-electron chi connectivity index (χ3n) is 6.88. The molecule has 2 fully saturated rings. The van der Waals surface area contributed by atoms with Crippen LogP contribution in [0.2, 0.25) is 0 Å². The topological polar surface area (TPSA) is 55.8 Å². The average Bonchev–Trinajstić information content (AvgIpc) is 2.70. The van der Waals surface area contributed by atoms with Gasteiger partial charge in [0.25, 0.3) is 0 Å². The maximum absolute atomic E-state index is 12.7. The zero-order valence-corrected chi connectivity index (χ0v) is 16.7. The largest absolute Gasteiger partial charge is 0.464 e. The Morgan fingerprint density at radius 1 is 1.29 bits per heavy atom. The molecule has 0 spiro atoms. The summed E-state index contributed by atoms with van der Waals surface area (Å²) in [5.74, 6) is 0.889. The van der Waals surface area contributed by atoms with Gasteiger partial charge in [0.15, 0.2) is 6.04 Å². The molecule has 1 aromatic carbocycles. The molecule has 0 radical (unpaired) electrons. The van der Waals surface area contributed by atoms with Crippen LogP contribution in [0.4, 0.5) is 0 Å². The van der Waals surface area contributed by atoms with E-state index in [0.717, 1.165) is 24.3 Å². The highest BCUT2D eigenvalue weighted by Gasteiger charge is 2.50. The molecule has 1 heterocycles. The fraction of sp³-hybridized carbons (Fsp3) is 0.565. The molecule has 5 heteroatoms. The number of esters is 1. The summed E-state index contributed by atoms with van der Waals surface area (Å²) in [5.41, 5.74) is 2.80. The van der Waals surface area contributed by atoms with E-state index in [9.17, 15) is 9.59 Å². The molecule has 4 aliphatic rings. The molecule has 28 heavy (non-hydrogen) atoms. The van der Waals surface area contributed by atoms with Gasteiger partial charge in [-0.2, -0.15) is 0 Å². The lowest BCUT2D eigenvalue weighted by Crippen LogP contribution is -2.53. The highest BCUT2D eigenvalue weighted by atomic mass is 16.5. The average molecular weight is 383 g/mol. The third kappa shape index (κ3) is 3.60. The first-order chi connectivity index (χ1) is 13.5. The van der Waals surface area contributed by atoms with Crippen LogP contribution in [0.15, 0.2) is 42.0 Å². The molecule has 5 nitrogen and oxygen atoms in total. The summed E-state index contributed by atoms with van der Waals surface area (Å²) in [6.07, 6.45) is 5.53. The van der Waals surface area contributed by atoms with Crippen molar-refractivity contribution in [3.8, 4) is 0 Å². The first kappa shape index (κ1) is 19.2. The number of fused-ring (bicyclic) bond motifs is 1. The summed E-state index contributed by atoms with van der Waals surface area (Å²) in [5, 5.41) is 0. The van der Waals surface area contributed by atoms with Crippen LogP contribution in [0, 0.1) is 17.3 Å². The van der Waals surface area contributed by atoms with E-state index in [4.69, 9.17) is 9.47 Å². The Balaban J connectivity index is 1.33. The van der Waals surface area contributed by atoms with E-state index >= 15 is 0 Å². The molecule has 1 aromatic rings. The van der Waals surface area contributed by atoms with Gasteiger partial charge in [0.05, 0.1) is 13.2 Å². The minimum absolute atomic E-state index is 0.0153. The Morgan fingerprint density at radius 3 is 2.79 bits per heavy atom. The molecule has 0 aromatic heterocycles. The Kier molecular flexibility index (Phi) is 5.28. The smallest absolute Gasteiger partial charge is 0.331 e. The first-order valence-corrected chi connectivity index (χ1v) is 10.2. The van der Waals surface area contributed by atoms with Crippen LogP contribution < -0.4 is 0 Å². The predicted octanol–water partition coefficient (Wildman–Crippen LogP) is 3.34. The number of carbonyl (C=O) groups is 2. The standard InChI is InChI=1S/C23H29NO4/c1-23(2)18-9-8-17(19(23)12-18)10-11-28-22(26)20-14-27-15-21(25)24(20)13-16-6-4-3-5-7-16/h3-8,18-20H,9-15H2,1-2H3/t18-,19-,20+/m0/s1. The molecule has 3 aliphatic carbocycles. The normalized spacial score (nSPS) is 28.4. The Hall–Kier alpha value is -2.14. The molecular formula is C23H29NO4. The molecule has 3 atom stereocenters. The van der Waals surface area contributed by atoms with Crippen LogP contribution in [0.3, 0.4) is 0 Å². The third-order valence-corrected chi connectivity index (χ3v) is 6.88. The fourth-order valence-corrected chi connectivity index (χ4v) is 4.90. The summed E-state index contributed by atoms with van der Waals surface area (Å²) in [6.45, 7) is 5.66. The second-order valence-corrected chi connectivity index (χ2v) is 8.78.